The van der Waals surface area contributed by atoms with E-state index in [0.29, 0.717) is 16.4 Å². The van der Waals surface area contributed by atoms with E-state index in [4.69, 9.17) is 11.6 Å². The first-order chi connectivity index (χ1) is 9.58. The number of pyridine rings is 1. The van der Waals surface area contributed by atoms with Crippen LogP contribution >= 0.6 is 23.4 Å². The molecule has 4 nitrogen and oxygen atoms in total. The summed E-state index contributed by atoms with van der Waals surface area (Å²) in [6, 6.07) is 1.83. The molecule has 0 fully saturated rings. The average molecular weight is 316 g/mol. The Morgan fingerprint density at radius 1 is 1.55 bits per heavy atom. The lowest BCUT2D eigenvalue weighted by molar-refractivity contribution is 0.0939. The number of nitrogens with one attached hydrogen (secondary N) is 2. The van der Waals surface area contributed by atoms with Crippen molar-refractivity contribution in [3.8, 4) is 0 Å². The van der Waals surface area contributed by atoms with Crippen LogP contribution in [0.25, 0.3) is 0 Å². The van der Waals surface area contributed by atoms with Gasteiger partial charge >= 0.3 is 0 Å². The van der Waals surface area contributed by atoms with Crippen molar-refractivity contribution in [2.75, 3.05) is 23.9 Å². The fourth-order valence-electron chi connectivity index (χ4n) is 1.63. The summed E-state index contributed by atoms with van der Waals surface area (Å²) >= 11 is 7.83. The maximum atomic E-state index is 12.2. The van der Waals surface area contributed by atoms with Gasteiger partial charge in [0.25, 0.3) is 5.91 Å². The van der Waals surface area contributed by atoms with Gasteiger partial charge in [-0.25, -0.2) is 4.98 Å². The van der Waals surface area contributed by atoms with E-state index in [2.05, 4.69) is 28.8 Å². The highest BCUT2D eigenvalue weighted by atomic mass is 35.5. The SMILES string of the molecule is CCCNc1cc(C(=O)NC(C)CCSC)c(Cl)cn1. The maximum Gasteiger partial charge on any atom is 0.253 e. The Bertz CT molecular complexity index is 442. The molecule has 1 atom stereocenters. The second-order valence-electron chi connectivity index (χ2n) is 4.63. The van der Waals surface area contributed by atoms with E-state index < -0.39 is 0 Å². The molecule has 0 aliphatic carbocycles. The summed E-state index contributed by atoms with van der Waals surface area (Å²) in [4.78, 5) is 16.4. The molecule has 2 N–H and O–H groups in total. The highest BCUT2D eigenvalue weighted by Gasteiger charge is 2.14. The quantitative estimate of drug-likeness (QED) is 0.771. The normalized spacial score (nSPS) is 12.0. The number of aromatic nitrogens is 1. The minimum atomic E-state index is -0.148. The molecule has 0 radical (unpaired) electrons. The standard InChI is InChI=1S/C14H22ClN3OS/c1-4-6-16-13-8-11(12(15)9-17-13)14(19)18-10(2)5-7-20-3/h8-10H,4-7H2,1-3H3,(H,16,17)(H,18,19). The molecule has 6 heteroatoms. The molecule has 0 saturated heterocycles. The molecule has 0 aromatic carbocycles. The second-order valence-corrected chi connectivity index (χ2v) is 6.02. The van der Waals surface area contributed by atoms with Crippen molar-refractivity contribution in [1.29, 1.82) is 0 Å². The smallest absolute Gasteiger partial charge is 0.253 e. The minimum absolute atomic E-state index is 0.131. The predicted octanol–water partition coefficient (Wildman–Crippen LogP) is 3.43. The van der Waals surface area contributed by atoms with Gasteiger partial charge in [0.05, 0.1) is 10.6 Å². The lowest BCUT2D eigenvalue weighted by Crippen LogP contribution is -2.33. The Morgan fingerprint density at radius 2 is 2.30 bits per heavy atom. The zero-order chi connectivity index (χ0) is 15.0. The Labute approximate surface area is 130 Å². The van der Waals surface area contributed by atoms with Gasteiger partial charge in [-0.1, -0.05) is 18.5 Å². The van der Waals surface area contributed by atoms with E-state index in [1.807, 2.05) is 6.92 Å². The fraction of sp³-hybridized carbons (Fsp3) is 0.571. The number of amides is 1. The molecule has 112 valence electrons. The molecule has 1 aromatic heterocycles. The lowest BCUT2D eigenvalue weighted by atomic mass is 10.2. The van der Waals surface area contributed by atoms with E-state index in [-0.39, 0.29) is 11.9 Å². The number of nitrogens with zero attached hydrogens (tertiary/aromatic N) is 1. The van der Waals surface area contributed by atoms with Gasteiger partial charge in [-0.05, 0) is 37.8 Å². The third-order valence-corrected chi connectivity index (χ3v) is 3.73. The van der Waals surface area contributed by atoms with Crippen molar-refractivity contribution in [2.45, 2.75) is 32.7 Å². The molecule has 1 amide bonds. The maximum absolute atomic E-state index is 12.2. The number of anilines is 1. The number of carbonyl (C=O) groups excluding carboxylic acids is 1. The molecule has 1 heterocycles. The first-order valence-corrected chi connectivity index (χ1v) is 8.54. The van der Waals surface area contributed by atoms with Gasteiger partial charge in [0, 0.05) is 18.8 Å². The van der Waals surface area contributed by atoms with Gasteiger partial charge in [0.15, 0.2) is 0 Å². The summed E-state index contributed by atoms with van der Waals surface area (Å²) in [6.07, 6.45) is 5.51. The van der Waals surface area contributed by atoms with E-state index in [1.54, 1.807) is 17.8 Å². The number of carbonyl (C=O) groups is 1. The van der Waals surface area contributed by atoms with Crippen LogP contribution in [0.3, 0.4) is 0 Å². The largest absolute Gasteiger partial charge is 0.370 e. The van der Waals surface area contributed by atoms with E-state index in [9.17, 15) is 4.79 Å². The number of rotatable bonds is 8. The molecule has 0 bridgehead atoms. The third-order valence-electron chi connectivity index (χ3n) is 2.79. The molecular weight excluding hydrogens is 294 g/mol. The van der Waals surface area contributed by atoms with Gasteiger partial charge in [0.2, 0.25) is 0 Å². The van der Waals surface area contributed by atoms with Gasteiger partial charge in [-0.2, -0.15) is 11.8 Å². The highest BCUT2D eigenvalue weighted by molar-refractivity contribution is 7.98. The predicted molar refractivity (Wildman–Crippen MR) is 88.0 cm³/mol. The first-order valence-electron chi connectivity index (χ1n) is 6.77. The van der Waals surface area contributed by atoms with Crippen LogP contribution in [-0.2, 0) is 0 Å². The molecule has 0 aliphatic rings. The van der Waals surface area contributed by atoms with Crippen LogP contribution in [0.5, 0.6) is 0 Å². The number of hydrogen-bond acceptors (Lipinski definition) is 4. The van der Waals surface area contributed by atoms with Crippen LogP contribution in [0.1, 0.15) is 37.0 Å². The molecule has 0 spiro atoms. The van der Waals surface area contributed by atoms with Crippen LogP contribution in [0.4, 0.5) is 5.82 Å². The fourth-order valence-corrected chi connectivity index (χ4v) is 2.41. The summed E-state index contributed by atoms with van der Waals surface area (Å²) in [6.45, 7) is 4.89. The summed E-state index contributed by atoms with van der Waals surface area (Å²) < 4.78 is 0. The average Bonchev–Trinajstić information content (AvgIpc) is 2.44. The summed E-state index contributed by atoms with van der Waals surface area (Å²) in [5.41, 5.74) is 0.469. The van der Waals surface area contributed by atoms with Crippen LogP contribution in [0.15, 0.2) is 12.3 Å². The zero-order valence-corrected chi connectivity index (χ0v) is 13.8. The van der Waals surface area contributed by atoms with Gasteiger partial charge < -0.3 is 10.6 Å². The van der Waals surface area contributed by atoms with E-state index in [0.717, 1.165) is 25.1 Å². The molecule has 1 unspecified atom stereocenters. The molecule has 0 saturated carbocycles. The third kappa shape index (κ3) is 5.59. The van der Waals surface area contributed by atoms with Gasteiger partial charge in [0.1, 0.15) is 5.82 Å². The summed E-state index contributed by atoms with van der Waals surface area (Å²) in [5.74, 6) is 1.55. The van der Waals surface area contributed by atoms with Crippen LogP contribution < -0.4 is 10.6 Å². The van der Waals surface area contributed by atoms with Gasteiger partial charge in [-0.15, -0.1) is 0 Å². The Kier molecular flexibility index (Phi) is 7.77. The van der Waals surface area contributed by atoms with Crippen molar-refractivity contribution in [1.82, 2.24) is 10.3 Å². The van der Waals surface area contributed by atoms with E-state index >= 15 is 0 Å². The topological polar surface area (TPSA) is 54.0 Å². The first kappa shape index (κ1) is 17.1. The monoisotopic (exact) mass is 315 g/mol. The van der Waals surface area contributed by atoms with Crippen molar-refractivity contribution in [3.05, 3.63) is 22.8 Å². The Hall–Kier alpha value is -0.940. The van der Waals surface area contributed by atoms with E-state index in [1.165, 1.54) is 6.20 Å². The number of halogens is 1. The molecule has 0 aliphatic heterocycles. The van der Waals surface area contributed by atoms with Gasteiger partial charge in [-0.3, -0.25) is 4.79 Å². The molecule has 1 rings (SSSR count). The highest BCUT2D eigenvalue weighted by Crippen LogP contribution is 2.18. The summed E-state index contributed by atoms with van der Waals surface area (Å²) in [5, 5.41) is 6.49. The Morgan fingerprint density at radius 3 is 2.95 bits per heavy atom. The van der Waals surface area contributed by atoms with Crippen molar-refractivity contribution in [3.63, 3.8) is 0 Å². The molecule has 20 heavy (non-hydrogen) atoms. The second kappa shape index (κ2) is 9.08. The lowest BCUT2D eigenvalue weighted by Gasteiger charge is -2.14. The molecular formula is C14H22ClN3OS. The Balaban J connectivity index is 2.70. The molecule has 1 aromatic rings. The van der Waals surface area contributed by atoms with Crippen LogP contribution in [0, 0.1) is 0 Å². The number of hydrogen-bond donors (Lipinski definition) is 2. The summed E-state index contributed by atoms with van der Waals surface area (Å²) in [7, 11) is 0. The van der Waals surface area contributed by atoms with Crippen molar-refractivity contribution < 1.29 is 4.79 Å². The minimum Gasteiger partial charge on any atom is -0.370 e. The number of thioether (sulfide) groups is 1. The van der Waals surface area contributed by atoms with Crippen molar-refractivity contribution in [2.24, 2.45) is 0 Å². The van der Waals surface area contributed by atoms with Crippen molar-refractivity contribution >= 4 is 35.1 Å². The zero-order valence-electron chi connectivity index (χ0n) is 12.2. The van der Waals surface area contributed by atoms with Crippen LogP contribution in [-0.4, -0.2) is 35.5 Å². The van der Waals surface area contributed by atoms with Crippen LogP contribution in [0.2, 0.25) is 5.02 Å².